The molecule has 0 radical (unpaired) electrons. The largest absolute Gasteiger partial charge is 0.355 e. The van der Waals surface area contributed by atoms with Crippen LogP contribution in [0.2, 0.25) is 0 Å². The molecule has 0 aromatic rings. The molecule has 2 amide bonds. The topological polar surface area (TPSA) is 58.2 Å². The van der Waals surface area contributed by atoms with Crippen LogP contribution in [0.25, 0.3) is 0 Å². The number of hydrogen-bond acceptors (Lipinski definition) is 4. The SMILES string of the molecule is O=C1CCC(C(=O)NCC2CSCCS2)CN1. The van der Waals surface area contributed by atoms with Crippen molar-refractivity contribution in [1.82, 2.24) is 10.6 Å². The lowest BCUT2D eigenvalue weighted by Crippen LogP contribution is -2.44. The second kappa shape index (κ2) is 6.54. The van der Waals surface area contributed by atoms with Crippen molar-refractivity contribution in [3.63, 3.8) is 0 Å². The van der Waals surface area contributed by atoms with Crippen molar-refractivity contribution in [3.05, 3.63) is 0 Å². The summed E-state index contributed by atoms with van der Waals surface area (Å²) in [6.07, 6.45) is 1.16. The van der Waals surface area contributed by atoms with Gasteiger partial charge in [0.25, 0.3) is 0 Å². The number of carbonyl (C=O) groups excluding carboxylic acids is 2. The van der Waals surface area contributed by atoms with Crippen LogP contribution in [0.5, 0.6) is 0 Å². The molecule has 2 fully saturated rings. The number of amides is 2. The number of hydrogen-bond donors (Lipinski definition) is 2. The second-order valence-corrected chi connectivity index (χ2v) is 6.91. The lowest BCUT2D eigenvalue weighted by atomic mass is 9.98. The number of rotatable bonds is 3. The number of nitrogens with one attached hydrogen (secondary N) is 2. The third-order valence-electron chi connectivity index (χ3n) is 3.03. The molecule has 2 aliphatic rings. The van der Waals surface area contributed by atoms with Gasteiger partial charge in [0.15, 0.2) is 0 Å². The van der Waals surface area contributed by atoms with Crippen LogP contribution in [-0.2, 0) is 9.59 Å². The van der Waals surface area contributed by atoms with Crippen molar-refractivity contribution in [3.8, 4) is 0 Å². The summed E-state index contributed by atoms with van der Waals surface area (Å²) in [4.78, 5) is 22.9. The van der Waals surface area contributed by atoms with E-state index in [9.17, 15) is 9.59 Å². The van der Waals surface area contributed by atoms with E-state index in [1.165, 1.54) is 11.5 Å². The minimum absolute atomic E-state index is 0.0334. The Morgan fingerprint density at radius 2 is 2.35 bits per heavy atom. The fourth-order valence-corrected chi connectivity index (χ4v) is 4.58. The zero-order chi connectivity index (χ0) is 12.1. The molecular weight excluding hydrogens is 256 g/mol. The Balaban J connectivity index is 1.67. The first kappa shape index (κ1) is 13.1. The zero-order valence-corrected chi connectivity index (χ0v) is 11.4. The van der Waals surface area contributed by atoms with Gasteiger partial charge >= 0.3 is 0 Å². The summed E-state index contributed by atoms with van der Waals surface area (Å²) < 4.78 is 0. The van der Waals surface area contributed by atoms with Crippen LogP contribution in [0.3, 0.4) is 0 Å². The smallest absolute Gasteiger partial charge is 0.224 e. The molecule has 0 bridgehead atoms. The highest BCUT2D eigenvalue weighted by atomic mass is 32.2. The molecule has 0 aromatic carbocycles. The van der Waals surface area contributed by atoms with Gasteiger partial charge in [-0.2, -0.15) is 23.5 Å². The van der Waals surface area contributed by atoms with Crippen LogP contribution in [0.4, 0.5) is 0 Å². The van der Waals surface area contributed by atoms with E-state index in [1.807, 2.05) is 23.5 Å². The Labute approximate surface area is 110 Å². The maximum Gasteiger partial charge on any atom is 0.224 e. The van der Waals surface area contributed by atoms with Crippen LogP contribution in [-0.4, -0.2) is 47.4 Å². The van der Waals surface area contributed by atoms with Gasteiger partial charge in [-0.15, -0.1) is 0 Å². The maximum absolute atomic E-state index is 11.9. The van der Waals surface area contributed by atoms with Crippen molar-refractivity contribution in [1.29, 1.82) is 0 Å². The average molecular weight is 274 g/mol. The summed E-state index contributed by atoms with van der Waals surface area (Å²) in [5.74, 6) is 3.67. The van der Waals surface area contributed by atoms with E-state index >= 15 is 0 Å². The van der Waals surface area contributed by atoms with Crippen LogP contribution >= 0.6 is 23.5 Å². The Hall–Kier alpha value is -0.360. The quantitative estimate of drug-likeness (QED) is 0.786. The average Bonchev–Trinajstić information content (AvgIpc) is 2.38. The molecule has 4 nitrogen and oxygen atoms in total. The van der Waals surface area contributed by atoms with E-state index in [-0.39, 0.29) is 17.7 Å². The van der Waals surface area contributed by atoms with Gasteiger partial charge in [0.05, 0.1) is 5.92 Å². The van der Waals surface area contributed by atoms with Crippen LogP contribution < -0.4 is 10.6 Å². The third-order valence-corrected chi connectivity index (χ3v) is 5.87. The fraction of sp³-hybridized carbons (Fsp3) is 0.818. The first-order chi connectivity index (χ1) is 8.25. The van der Waals surface area contributed by atoms with E-state index in [0.717, 1.165) is 12.3 Å². The van der Waals surface area contributed by atoms with Crippen molar-refractivity contribution in [2.75, 3.05) is 30.3 Å². The summed E-state index contributed by atoms with van der Waals surface area (Å²) in [5.41, 5.74) is 0. The van der Waals surface area contributed by atoms with E-state index in [1.54, 1.807) is 0 Å². The highest BCUT2D eigenvalue weighted by molar-refractivity contribution is 8.06. The van der Waals surface area contributed by atoms with Gasteiger partial charge in [0, 0.05) is 42.0 Å². The Bertz CT molecular complexity index is 283. The molecule has 0 spiro atoms. The van der Waals surface area contributed by atoms with Crippen molar-refractivity contribution in [2.45, 2.75) is 18.1 Å². The summed E-state index contributed by atoms with van der Waals surface area (Å²) in [5, 5.41) is 6.31. The molecule has 2 atom stereocenters. The molecule has 0 aliphatic carbocycles. The summed E-state index contributed by atoms with van der Waals surface area (Å²) in [7, 11) is 0. The number of piperidine rings is 1. The van der Waals surface area contributed by atoms with Gasteiger partial charge in [-0.3, -0.25) is 9.59 Å². The van der Waals surface area contributed by atoms with E-state index in [4.69, 9.17) is 0 Å². The second-order valence-electron chi connectivity index (χ2n) is 4.35. The summed E-state index contributed by atoms with van der Waals surface area (Å²) in [6.45, 7) is 1.26. The van der Waals surface area contributed by atoms with Gasteiger partial charge in [-0.05, 0) is 6.42 Å². The molecule has 2 unspecified atom stereocenters. The Morgan fingerprint density at radius 1 is 1.47 bits per heavy atom. The molecule has 2 heterocycles. The standard InChI is InChI=1S/C11H18N2O2S2/c14-10-2-1-8(5-12-10)11(15)13-6-9-7-16-3-4-17-9/h8-9H,1-7H2,(H,12,14)(H,13,15). The predicted molar refractivity (Wildman–Crippen MR) is 72.3 cm³/mol. The molecule has 2 N–H and O–H groups in total. The van der Waals surface area contributed by atoms with Crippen molar-refractivity contribution < 1.29 is 9.59 Å². The zero-order valence-electron chi connectivity index (χ0n) is 9.74. The van der Waals surface area contributed by atoms with Gasteiger partial charge in [0.1, 0.15) is 0 Å². The van der Waals surface area contributed by atoms with Crippen molar-refractivity contribution >= 4 is 35.3 Å². The molecule has 0 aromatic heterocycles. The first-order valence-corrected chi connectivity index (χ1v) is 8.20. The predicted octanol–water partition coefficient (Wildman–Crippen LogP) is 0.477. The molecule has 96 valence electrons. The van der Waals surface area contributed by atoms with Crippen LogP contribution in [0.1, 0.15) is 12.8 Å². The Morgan fingerprint density at radius 3 is 3.00 bits per heavy atom. The molecule has 2 aliphatic heterocycles. The van der Waals surface area contributed by atoms with Gasteiger partial charge < -0.3 is 10.6 Å². The monoisotopic (exact) mass is 274 g/mol. The minimum Gasteiger partial charge on any atom is -0.355 e. The molecule has 2 saturated heterocycles. The molecule has 2 rings (SSSR count). The molecule has 0 saturated carbocycles. The highest BCUT2D eigenvalue weighted by Crippen LogP contribution is 2.23. The maximum atomic E-state index is 11.9. The molecule has 17 heavy (non-hydrogen) atoms. The lowest BCUT2D eigenvalue weighted by molar-refractivity contribution is -0.128. The molecular formula is C11H18N2O2S2. The summed E-state index contributed by atoms with van der Waals surface area (Å²) >= 11 is 3.91. The van der Waals surface area contributed by atoms with E-state index < -0.39 is 0 Å². The minimum atomic E-state index is -0.0334. The van der Waals surface area contributed by atoms with Gasteiger partial charge in [-0.1, -0.05) is 0 Å². The fourth-order valence-electron chi connectivity index (χ4n) is 1.97. The third kappa shape index (κ3) is 4.10. The van der Waals surface area contributed by atoms with Crippen molar-refractivity contribution in [2.24, 2.45) is 5.92 Å². The first-order valence-electron chi connectivity index (χ1n) is 5.99. The number of thioether (sulfide) groups is 2. The number of carbonyl (C=O) groups is 2. The normalized spacial score (nSPS) is 29.5. The molecule has 6 heteroatoms. The van der Waals surface area contributed by atoms with Gasteiger partial charge in [-0.25, -0.2) is 0 Å². The van der Waals surface area contributed by atoms with Crippen LogP contribution in [0, 0.1) is 5.92 Å². The lowest BCUT2D eigenvalue weighted by Gasteiger charge is -2.24. The van der Waals surface area contributed by atoms with Crippen LogP contribution in [0.15, 0.2) is 0 Å². The van der Waals surface area contributed by atoms with E-state index in [0.29, 0.717) is 24.6 Å². The summed E-state index contributed by atoms with van der Waals surface area (Å²) in [6, 6.07) is 0. The Kier molecular flexibility index (Phi) is 5.03. The van der Waals surface area contributed by atoms with E-state index in [2.05, 4.69) is 10.6 Å². The highest BCUT2D eigenvalue weighted by Gasteiger charge is 2.25. The van der Waals surface area contributed by atoms with Gasteiger partial charge in [0.2, 0.25) is 11.8 Å².